The van der Waals surface area contributed by atoms with Crippen molar-refractivity contribution < 1.29 is 14.6 Å². The maximum absolute atomic E-state index is 13.7. The molecule has 4 heteroatoms. The van der Waals surface area contributed by atoms with Gasteiger partial charge in [0.15, 0.2) is 0 Å². The number of carbonyl (C=O) groups excluding carboxylic acids is 1. The number of ether oxygens (including phenoxy) is 1. The van der Waals surface area contributed by atoms with E-state index in [0.29, 0.717) is 47.3 Å². The molecule has 9 aliphatic rings. The zero-order valence-electron chi connectivity index (χ0n) is 15.6. The quantitative estimate of drug-likeness (QED) is 0.757. The molecular weight excluding hydrogens is 344 g/mol. The SMILES string of the molecule is COC(=O)[C@@]12[C@@H]3[C@@H]4CC[C@H]5[C@@H]4[C@@H]4[C@@H]3[C@@H]3[C@H]([C@H]6CCC[C@H]6[C@@H]31)[C@]4(SC)[C@@]52O. The fraction of sp³-hybridized carbons (Fsp3) is 0.955. The standard InChI is InChI=1S/C22H28O3S/c1-25-19(23)20-15-8-4-3-5-9(8)17-13(15)14-16(20)10-6-7-11-12(10)18(14)21(17,26-2)22(11,20)24/h8-18,24H,3-7H2,1-2H3/t8-,9+,10-,11+,12-,13+,14-,15+,16-,17+,18-,20+,21-,22-/m1/s1. The molecular formula is C22H28O3S. The number of methoxy groups -OCH3 is 1. The van der Waals surface area contributed by atoms with Gasteiger partial charge in [0.25, 0.3) is 0 Å². The van der Waals surface area contributed by atoms with Crippen molar-refractivity contribution in [2.75, 3.05) is 13.4 Å². The highest BCUT2D eigenvalue weighted by molar-refractivity contribution is 8.00. The highest BCUT2D eigenvalue weighted by Crippen LogP contribution is 2.98. The molecule has 0 unspecified atom stereocenters. The number of carbonyl (C=O) groups is 1. The lowest BCUT2D eigenvalue weighted by Gasteiger charge is -2.63. The van der Waals surface area contributed by atoms with Crippen LogP contribution in [0.3, 0.4) is 0 Å². The summed E-state index contributed by atoms with van der Waals surface area (Å²) >= 11 is 1.99. The molecule has 9 fully saturated rings. The van der Waals surface area contributed by atoms with Gasteiger partial charge in [0.2, 0.25) is 0 Å². The average Bonchev–Trinajstić information content (AvgIpc) is 3.40. The summed E-state index contributed by atoms with van der Waals surface area (Å²) in [7, 11) is 1.59. The predicted octanol–water partition coefficient (Wildman–Crippen LogP) is 2.82. The summed E-state index contributed by atoms with van der Waals surface area (Å²) in [5, 5.41) is 12.8. The smallest absolute Gasteiger partial charge is 0.315 e. The van der Waals surface area contributed by atoms with E-state index in [1.807, 2.05) is 11.8 Å². The van der Waals surface area contributed by atoms with Crippen molar-refractivity contribution >= 4 is 17.7 Å². The lowest BCUT2D eigenvalue weighted by Crippen LogP contribution is -2.75. The molecule has 0 spiro atoms. The van der Waals surface area contributed by atoms with E-state index in [1.165, 1.54) is 25.7 Å². The fourth-order valence-electron chi connectivity index (χ4n) is 12.8. The Bertz CT molecular complexity index is 783. The van der Waals surface area contributed by atoms with Crippen LogP contribution >= 0.6 is 11.8 Å². The fourth-order valence-corrected chi connectivity index (χ4v) is 14.6. The van der Waals surface area contributed by atoms with Gasteiger partial charge in [-0.2, -0.15) is 11.8 Å². The molecule has 9 rings (SSSR count). The van der Waals surface area contributed by atoms with Crippen LogP contribution in [0.4, 0.5) is 0 Å². The van der Waals surface area contributed by atoms with Crippen LogP contribution in [0.15, 0.2) is 0 Å². The van der Waals surface area contributed by atoms with Crippen molar-refractivity contribution in [2.24, 2.45) is 70.5 Å². The van der Waals surface area contributed by atoms with Crippen LogP contribution in [0.5, 0.6) is 0 Å². The Morgan fingerprint density at radius 2 is 1.65 bits per heavy atom. The van der Waals surface area contributed by atoms with Crippen molar-refractivity contribution in [1.29, 1.82) is 0 Å². The lowest BCUT2D eigenvalue weighted by atomic mass is 9.46. The minimum Gasteiger partial charge on any atom is -0.468 e. The van der Waals surface area contributed by atoms with Gasteiger partial charge in [0.05, 0.1) is 17.5 Å². The Labute approximate surface area is 159 Å². The van der Waals surface area contributed by atoms with E-state index in [0.717, 1.165) is 24.2 Å². The van der Waals surface area contributed by atoms with E-state index >= 15 is 0 Å². The van der Waals surface area contributed by atoms with Crippen LogP contribution < -0.4 is 0 Å². The van der Waals surface area contributed by atoms with Gasteiger partial charge >= 0.3 is 5.97 Å². The molecule has 26 heavy (non-hydrogen) atoms. The third-order valence-electron chi connectivity index (χ3n) is 12.0. The highest BCUT2D eigenvalue weighted by Gasteiger charge is 3.02. The van der Waals surface area contributed by atoms with Crippen LogP contribution in [0.25, 0.3) is 0 Å². The molecule has 9 saturated carbocycles. The molecule has 0 aromatic rings. The molecule has 0 amide bonds. The monoisotopic (exact) mass is 372 g/mol. The number of rotatable bonds is 2. The molecule has 0 heterocycles. The normalized spacial score (nSPS) is 74.3. The first-order valence-corrected chi connectivity index (χ1v) is 12.2. The van der Waals surface area contributed by atoms with Crippen molar-refractivity contribution in [2.45, 2.75) is 42.5 Å². The maximum atomic E-state index is 13.7. The van der Waals surface area contributed by atoms with Crippen LogP contribution in [-0.2, 0) is 9.53 Å². The van der Waals surface area contributed by atoms with Crippen LogP contribution in [-0.4, -0.2) is 34.8 Å². The molecule has 3 nitrogen and oxygen atoms in total. The number of fused-ring (bicyclic) bond motifs is 1. The minimum atomic E-state index is -0.789. The van der Waals surface area contributed by atoms with Gasteiger partial charge in [0.1, 0.15) is 5.41 Å². The molecule has 9 aliphatic carbocycles. The third-order valence-corrected chi connectivity index (χ3v) is 13.5. The van der Waals surface area contributed by atoms with Crippen molar-refractivity contribution in [3.8, 4) is 0 Å². The molecule has 9 bridgehead atoms. The first-order valence-electron chi connectivity index (χ1n) is 11.0. The Morgan fingerprint density at radius 1 is 0.962 bits per heavy atom. The van der Waals surface area contributed by atoms with Crippen LogP contribution in [0, 0.1) is 70.5 Å². The van der Waals surface area contributed by atoms with E-state index in [9.17, 15) is 9.90 Å². The number of thioether (sulfide) groups is 1. The van der Waals surface area contributed by atoms with E-state index in [2.05, 4.69) is 6.26 Å². The number of esters is 1. The van der Waals surface area contributed by atoms with E-state index in [4.69, 9.17) is 4.74 Å². The van der Waals surface area contributed by atoms with Gasteiger partial charge in [-0.05, 0) is 97.0 Å². The van der Waals surface area contributed by atoms with Gasteiger partial charge in [0, 0.05) is 0 Å². The van der Waals surface area contributed by atoms with Crippen molar-refractivity contribution in [3.63, 3.8) is 0 Å². The van der Waals surface area contributed by atoms with Gasteiger partial charge in [-0.3, -0.25) is 4.79 Å². The third kappa shape index (κ3) is 0.890. The molecule has 1 N–H and O–H groups in total. The molecule has 0 saturated heterocycles. The second-order valence-corrected chi connectivity index (χ2v) is 12.1. The maximum Gasteiger partial charge on any atom is 0.315 e. The molecule has 14 atom stereocenters. The van der Waals surface area contributed by atoms with Crippen LogP contribution in [0.2, 0.25) is 0 Å². The average molecular weight is 373 g/mol. The van der Waals surface area contributed by atoms with Crippen molar-refractivity contribution in [1.82, 2.24) is 0 Å². The summed E-state index contributed by atoms with van der Waals surface area (Å²) in [6, 6.07) is 0. The number of hydrogen-bond donors (Lipinski definition) is 1. The van der Waals surface area contributed by atoms with E-state index in [-0.39, 0.29) is 10.7 Å². The Hall–Kier alpha value is -0.220. The largest absolute Gasteiger partial charge is 0.468 e. The second kappa shape index (κ2) is 3.79. The zero-order valence-corrected chi connectivity index (χ0v) is 16.4. The summed E-state index contributed by atoms with van der Waals surface area (Å²) < 4.78 is 5.55. The Kier molecular flexibility index (Phi) is 2.15. The lowest BCUT2D eigenvalue weighted by molar-refractivity contribution is -0.230. The second-order valence-electron chi connectivity index (χ2n) is 11.1. The summed E-state index contributed by atoms with van der Waals surface area (Å²) in [6.07, 6.45) is 8.67. The summed E-state index contributed by atoms with van der Waals surface area (Å²) in [6.45, 7) is 0. The van der Waals surface area contributed by atoms with Gasteiger partial charge in [-0.25, -0.2) is 0 Å². The van der Waals surface area contributed by atoms with Gasteiger partial charge < -0.3 is 9.84 Å². The topological polar surface area (TPSA) is 46.5 Å². The number of aliphatic hydroxyl groups is 1. The molecule has 140 valence electrons. The van der Waals surface area contributed by atoms with E-state index in [1.54, 1.807) is 7.11 Å². The first-order chi connectivity index (χ1) is 12.6. The first kappa shape index (κ1) is 14.7. The van der Waals surface area contributed by atoms with Gasteiger partial charge in [-0.1, -0.05) is 6.42 Å². The predicted molar refractivity (Wildman–Crippen MR) is 97.1 cm³/mol. The Morgan fingerprint density at radius 3 is 2.38 bits per heavy atom. The summed E-state index contributed by atoms with van der Waals surface area (Å²) in [5.74, 6) is 6.94. The van der Waals surface area contributed by atoms with Gasteiger partial charge in [-0.15, -0.1) is 0 Å². The summed E-state index contributed by atoms with van der Waals surface area (Å²) in [4.78, 5) is 13.7. The molecule has 0 aromatic heterocycles. The molecule has 0 aliphatic heterocycles. The zero-order chi connectivity index (χ0) is 17.4. The summed E-state index contributed by atoms with van der Waals surface area (Å²) in [5.41, 5.74) is -1.35. The van der Waals surface area contributed by atoms with E-state index < -0.39 is 11.0 Å². The molecule has 0 aromatic carbocycles. The number of hydrogen-bond acceptors (Lipinski definition) is 4. The van der Waals surface area contributed by atoms with Crippen molar-refractivity contribution in [3.05, 3.63) is 0 Å². The minimum absolute atomic E-state index is 0.0115. The molecule has 0 radical (unpaired) electrons. The Balaban J connectivity index is 1.53. The highest BCUT2D eigenvalue weighted by atomic mass is 32.2. The van der Waals surface area contributed by atoms with Crippen LogP contribution in [0.1, 0.15) is 32.1 Å².